The van der Waals surface area contributed by atoms with Crippen molar-refractivity contribution in [2.75, 3.05) is 0 Å². The second kappa shape index (κ2) is 23.0. The summed E-state index contributed by atoms with van der Waals surface area (Å²) in [5.41, 5.74) is 10.9. The van der Waals surface area contributed by atoms with E-state index in [1.807, 2.05) is 0 Å². The van der Waals surface area contributed by atoms with E-state index in [9.17, 15) is 47.4 Å². The molecule has 0 fully saturated rings. The van der Waals surface area contributed by atoms with Crippen molar-refractivity contribution in [3.05, 3.63) is 167 Å². The third kappa shape index (κ3) is 18.4. The largest absolute Gasteiger partial charge is 2.00 e. The third-order valence-electron chi connectivity index (χ3n) is 5.18. The summed E-state index contributed by atoms with van der Waals surface area (Å²) in [4.78, 5) is 58.6. The Morgan fingerprint density at radius 3 is 0.898 bits per heavy atom. The molecule has 0 aliphatic carbocycles. The number of nitrogens with zero attached hydrogens (tertiary/aromatic N) is 2. The van der Waals surface area contributed by atoms with Gasteiger partial charge in [-0.15, -0.1) is 0 Å². The Hall–Kier alpha value is -6.38. The summed E-state index contributed by atoms with van der Waals surface area (Å²) >= 11 is 0. The van der Waals surface area contributed by atoms with Crippen LogP contribution in [0.3, 0.4) is 0 Å². The quantitative estimate of drug-likeness (QED) is 0.224. The summed E-state index contributed by atoms with van der Waals surface area (Å²) in [5.74, 6) is -5.80. The minimum Gasteiger partial charge on any atom is -0.545 e. The summed E-state index contributed by atoms with van der Waals surface area (Å²) in [5, 5.41) is 28.5. The Bertz CT molecular complexity index is 1590. The van der Waals surface area contributed by atoms with Gasteiger partial charge in [-0.25, -0.2) is 18.0 Å². The van der Waals surface area contributed by atoms with Crippen molar-refractivity contribution >= 4 is 29.7 Å². The van der Waals surface area contributed by atoms with Crippen LogP contribution in [0.25, 0.3) is 0 Å². The molecule has 5 N–H and O–H groups in total. The summed E-state index contributed by atoms with van der Waals surface area (Å²) in [7, 11) is 0. The van der Waals surface area contributed by atoms with Crippen LogP contribution in [0.4, 0.5) is 13.2 Å². The zero-order valence-corrected chi connectivity index (χ0v) is 25.8. The number of carboxylic acids is 3. The zero-order valence-electron chi connectivity index (χ0n) is 24.8. The van der Waals surface area contributed by atoms with Crippen LogP contribution in [0, 0.1) is 17.5 Å². The predicted molar refractivity (Wildman–Crippen MR) is 160 cm³/mol. The molecule has 3 aromatic carbocycles. The summed E-state index contributed by atoms with van der Waals surface area (Å²) in [6.45, 7) is 0. The van der Waals surface area contributed by atoms with Crippen molar-refractivity contribution in [3.8, 4) is 0 Å². The Morgan fingerprint density at radius 1 is 0.469 bits per heavy atom. The smallest absolute Gasteiger partial charge is 0.545 e. The maximum Gasteiger partial charge on any atom is 2.00 e. The minimum absolute atomic E-state index is 0. The van der Waals surface area contributed by atoms with Gasteiger partial charge in [0.1, 0.15) is 17.5 Å². The Kier molecular flexibility index (Phi) is 20.0. The first-order valence-electron chi connectivity index (χ1n) is 13.0. The van der Waals surface area contributed by atoms with Gasteiger partial charge >= 0.3 is 23.0 Å². The molecule has 257 valence electrons. The molecule has 2 heterocycles. The molecular formula is C33H25CuF3N4O8. The van der Waals surface area contributed by atoms with Crippen molar-refractivity contribution in [2.45, 2.75) is 0 Å². The van der Waals surface area contributed by atoms with Crippen LogP contribution >= 0.6 is 0 Å². The SMILES string of the molecule is NC(=O)c1ccncc1.NC(=O)c1ccncc1.O=C(O)c1ccc(F)cc1.O=C([O-])c1ccc(F)cc1.O=C([O-])c1ccc(F)cc1.[Cu+2]. The summed E-state index contributed by atoms with van der Waals surface area (Å²) < 4.78 is 36.4. The molecule has 1 radical (unpaired) electrons. The molecule has 0 saturated carbocycles. The first-order valence-corrected chi connectivity index (χ1v) is 13.0. The number of hydrogen-bond donors (Lipinski definition) is 3. The number of hydrogen-bond acceptors (Lipinski definition) is 9. The molecule has 0 aliphatic rings. The van der Waals surface area contributed by atoms with Crippen LogP contribution in [0.5, 0.6) is 0 Å². The molecule has 5 aromatic rings. The third-order valence-corrected chi connectivity index (χ3v) is 5.18. The van der Waals surface area contributed by atoms with Gasteiger partial charge in [0.15, 0.2) is 0 Å². The zero-order chi connectivity index (χ0) is 36.1. The van der Waals surface area contributed by atoms with Gasteiger partial charge in [0.25, 0.3) is 0 Å². The molecule has 0 unspecified atom stereocenters. The van der Waals surface area contributed by atoms with Crippen LogP contribution in [-0.4, -0.2) is 44.8 Å². The maximum absolute atomic E-state index is 12.2. The molecular weight excluding hydrogens is 701 g/mol. The summed E-state index contributed by atoms with van der Waals surface area (Å²) in [6, 6.07) is 19.9. The van der Waals surface area contributed by atoms with Crippen LogP contribution in [0.1, 0.15) is 51.8 Å². The topological polar surface area (TPSA) is 230 Å². The maximum atomic E-state index is 12.2. The Labute approximate surface area is 287 Å². The monoisotopic (exact) mass is 725 g/mol. The van der Waals surface area contributed by atoms with Gasteiger partial charge in [0.2, 0.25) is 11.8 Å². The van der Waals surface area contributed by atoms with Crippen LogP contribution in [0.15, 0.2) is 122 Å². The predicted octanol–water partition coefficient (Wildman–Crippen LogP) is 2.26. The van der Waals surface area contributed by atoms with E-state index >= 15 is 0 Å². The first-order chi connectivity index (χ1) is 22.7. The number of carbonyl (C=O) groups excluding carboxylic acids is 4. The average Bonchev–Trinajstić information content (AvgIpc) is 3.07. The number of aromatic carboxylic acids is 3. The Balaban J connectivity index is 0.000000585. The number of nitrogens with two attached hydrogens (primary N) is 2. The van der Waals surface area contributed by atoms with Crippen LogP contribution in [0.2, 0.25) is 0 Å². The number of aromatic nitrogens is 2. The molecule has 0 aliphatic heterocycles. The molecule has 0 atom stereocenters. The molecule has 0 saturated heterocycles. The number of rotatable bonds is 5. The molecule has 49 heavy (non-hydrogen) atoms. The minimum atomic E-state index is -1.29. The van der Waals surface area contributed by atoms with Crippen molar-refractivity contribution in [3.63, 3.8) is 0 Å². The van der Waals surface area contributed by atoms with Gasteiger partial charge in [-0.3, -0.25) is 19.6 Å². The van der Waals surface area contributed by atoms with E-state index in [0.29, 0.717) is 11.1 Å². The van der Waals surface area contributed by atoms with Gasteiger partial charge in [0.05, 0.1) is 17.5 Å². The molecule has 0 spiro atoms. The normalized spacial score (nSPS) is 8.96. The van der Waals surface area contributed by atoms with Crippen molar-refractivity contribution in [2.24, 2.45) is 11.5 Å². The number of carboxylic acid groups (broad SMARTS) is 3. The van der Waals surface area contributed by atoms with E-state index in [1.165, 1.54) is 36.9 Å². The average molecular weight is 726 g/mol. The first kappa shape index (κ1) is 42.6. The van der Waals surface area contributed by atoms with Gasteiger partial charge in [0, 0.05) is 35.9 Å². The second-order valence-electron chi connectivity index (χ2n) is 8.60. The fourth-order valence-electron chi connectivity index (χ4n) is 2.80. The van der Waals surface area contributed by atoms with Crippen molar-refractivity contribution in [1.29, 1.82) is 0 Å². The molecule has 12 nitrogen and oxygen atoms in total. The van der Waals surface area contributed by atoms with Crippen LogP contribution in [-0.2, 0) is 17.1 Å². The number of primary amides is 2. The molecule has 5 rings (SSSR count). The second-order valence-corrected chi connectivity index (χ2v) is 8.60. The van der Waals surface area contributed by atoms with Gasteiger partial charge in [-0.05, 0) is 83.9 Å². The standard InChI is InChI=1S/3C7H5FO2.2C6H6N2O.Cu/c3*8-6-3-1-5(2-4-6)7(9)10;2*7-6(9)5-1-3-8-4-2-5;/h3*1-4H,(H,9,10);2*1-4H,(H2,7,9);/q;;;;;+2/p-2. The Morgan fingerprint density at radius 2 is 0.714 bits per heavy atom. The molecule has 2 amide bonds. The van der Waals surface area contributed by atoms with E-state index in [4.69, 9.17) is 16.6 Å². The van der Waals surface area contributed by atoms with Gasteiger partial charge in [-0.1, -0.05) is 24.3 Å². The van der Waals surface area contributed by atoms with Gasteiger partial charge < -0.3 is 36.4 Å². The molecule has 2 aromatic heterocycles. The van der Waals surface area contributed by atoms with Crippen molar-refractivity contribution in [1.82, 2.24) is 9.97 Å². The number of amides is 2. The van der Waals surface area contributed by atoms with E-state index in [0.717, 1.165) is 60.7 Å². The molecule has 16 heteroatoms. The van der Waals surface area contributed by atoms with Crippen molar-refractivity contribution < 1.29 is 69.5 Å². The van der Waals surface area contributed by atoms with Gasteiger partial charge in [-0.2, -0.15) is 0 Å². The fraction of sp³-hybridized carbons (Fsp3) is 0. The van der Waals surface area contributed by atoms with E-state index in [-0.39, 0.29) is 33.8 Å². The van der Waals surface area contributed by atoms with E-state index < -0.39 is 47.2 Å². The number of halogens is 3. The number of carbonyl (C=O) groups is 5. The molecule has 0 bridgehead atoms. The fourth-order valence-corrected chi connectivity index (χ4v) is 2.80. The summed E-state index contributed by atoms with van der Waals surface area (Å²) in [6.07, 6.45) is 6.11. The number of pyridine rings is 2. The van der Waals surface area contributed by atoms with E-state index in [1.54, 1.807) is 24.3 Å². The van der Waals surface area contributed by atoms with E-state index in [2.05, 4.69) is 9.97 Å². The van der Waals surface area contributed by atoms with Crippen LogP contribution < -0.4 is 21.7 Å². The number of benzene rings is 3.